The maximum Gasteiger partial charge on any atom is 0.334 e. The van der Waals surface area contributed by atoms with Gasteiger partial charge in [-0.15, -0.1) is 0 Å². The van der Waals surface area contributed by atoms with Crippen LogP contribution in [0.5, 0.6) is 0 Å². The Morgan fingerprint density at radius 3 is 2.81 bits per heavy atom. The zero-order chi connectivity index (χ0) is 20.0. The van der Waals surface area contributed by atoms with E-state index in [2.05, 4.69) is 6.58 Å². The maximum absolute atomic E-state index is 12.2. The molecule has 3 N–H and O–H groups in total. The van der Waals surface area contributed by atoms with Crippen molar-refractivity contribution >= 4 is 5.97 Å². The van der Waals surface area contributed by atoms with Gasteiger partial charge in [-0.1, -0.05) is 18.2 Å². The number of hydrogen-bond acceptors (Lipinski definition) is 7. The van der Waals surface area contributed by atoms with E-state index in [1.807, 2.05) is 19.9 Å². The van der Waals surface area contributed by atoms with E-state index in [1.165, 1.54) is 6.08 Å². The number of carbonyl (C=O) groups is 1. The van der Waals surface area contributed by atoms with Gasteiger partial charge in [0.05, 0.1) is 36.9 Å². The molecule has 2 saturated heterocycles. The van der Waals surface area contributed by atoms with Crippen LogP contribution in [0.3, 0.4) is 0 Å². The number of aliphatic hydroxyl groups is 3. The topological polar surface area (TPSA) is 105 Å². The molecule has 0 radical (unpaired) electrons. The van der Waals surface area contributed by atoms with Gasteiger partial charge in [-0.2, -0.15) is 0 Å². The summed E-state index contributed by atoms with van der Waals surface area (Å²) in [4.78, 5) is 12.2. The summed E-state index contributed by atoms with van der Waals surface area (Å²) < 4.78 is 17.4. The molecule has 0 spiro atoms. The van der Waals surface area contributed by atoms with Crippen molar-refractivity contribution in [3.63, 3.8) is 0 Å². The Morgan fingerprint density at radius 2 is 2.19 bits per heavy atom. The highest BCUT2D eigenvalue weighted by atomic mass is 16.7. The maximum atomic E-state index is 12.2. The number of hydrogen-bond donors (Lipinski definition) is 3. The summed E-state index contributed by atoms with van der Waals surface area (Å²) in [5.74, 6) is -2.85. The lowest BCUT2D eigenvalue weighted by molar-refractivity contribution is -0.210. The first-order valence-electron chi connectivity index (χ1n) is 9.19. The molecule has 3 rings (SSSR count). The number of fused-ring (bicyclic) bond motifs is 3. The summed E-state index contributed by atoms with van der Waals surface area (Å²) in [6, 6.07) is 0. The van der Waals surface area contributed by atoms with Crippen molar-refractivity contribution in [1.82, 2.24) is 0 Å². The van der Waals surface area contributed by atoms with Gasteiger partial charge in [0.1, 0.15) is 6.10 Å². The Kier molecular flexibility index (Phi) is 5.35. The molecule has 0 saturated carbocycles. The Hall–Kier alpha value is -1.51. The molecule has 3 heterocycles. The van der Waals surface area contributed by atoms with Crippen LogP contribution in [0.2, 0.25) is 0 Å². The van der Waals surface area contributed by atoms with Gasteiger partial charge in [0.2, 0.25) is 0 Å². The summed E-state index contributed by atoms with van der Waals surface area (Å²) in [5, 5.41) is 31.3. The van der Waals surface area contributed by atoms with E-state index in [9.17, 15) is 20.1 Å². The van der Waals surface area contributed by atoms with E-state index >= 15 is 0 Å². The lowest BCUT2D eigenvalue weighted by Crippen LogP contribution is -2.44. The number of ether oxygens (including phenoxy) is 3. The first-order valence-corrected chi connectivity index (χ1v) is 9.19. The van der Waals surface area contributed by atoms with E-state index < -0.39 is 48.2 Å². The average molecular weight is 380 g/mol. The van der Waals surface area contributed by atoms with Crippen LogP contribution in [-0.4, -0.2) is 64.2 Å². The minimum absolute atomic E-state index is 0.0806. The van der Waals surface area contributed by atoms with E-state index in [1.54, 1.807) is 6.92 Å². The molecule has 0 aromatic carbocycles. The van der Waals surface area contributed by atoms with Crippen LogP contribution in [0.15, 0.2) is 35.5 Å². The zero-order valence-electron chi connectivity index (χ0n) is 16.0. The summed E-state index contributed by atoms with van der Waals surface area (Å²) in [6.45, 7) is 9.26. The fraction of sp³-hybridized carbons (Fsp3) is 0.650. The van der Waals surface area contributed by atoms with Crippen LogP contribution < -0.4 is 0 Å². The normalized spacial score (nSPS) is 44.1. The molecule has 0 aromatic heterocycles. The quantitative estimate of drug-likeness (QED) is 0.379. The predicted octanol–water partition coefficient (Wildman–Crippen LogP) is 0.986. The second-order valence-electron chi connectivity index (χ2n) is 7.88. The summed E-state index contributed by atoms with van der Waals surface area (Å²) in [7, 11) is 0. The second kappa shape index (κ2) is 7.14. The molecule has 2 bridgehead atoms. The Balaban J connectivity index is 2.05. The zero-order valence-corrected chi connectivity index (χ0v) is 16.0. The van der Waals surface area contributed by atoms with Gasteiger partial charge in [0.15, 0.2) is 5.79 Å². The molecule has 0 aliphatic carbocycles. The minimum atomic E-state index is -1.82. The first kappa shape index (κ1) is 20.2. The largest absolute Gasteiger partial charge is 0.454 e. The molecule has 3 aliphatic heterocycles. The van der Waals surface area contributed by atoms with E-state index in [-0.39, 0.29) is 24.0 Å². The third kappa shape index (κ3) is 3.50. The fourth-order valence-electron chi connectivity index (χ4n) is 4.04. The van der Waals surface area contributed by atoms with Crippen molar-refractivity contribution in [2.24, 2.45) is 5.92 Å². The summed E-state index contributed by atoms with van der Waals surface area (Å²) in [6.07, 6.45) is 1.37. The van der Waals surface area contributed by atoms with E-state index in [4.69, 9.17) is 14.2 Å². The molecule has 27 heavy (non-hydrogen) atoms. The average Bonchev–Trinajstić information content (AvgIpc) is 3.02. The second-order valence-corrected chi connectivity index (χ2v) is 7.88. The molecule has 3 aliphatic rings. The Morgan fingerprint density at radius 1 is 1.48 bits per heavy atom. The summed E-state index contributed by atoms with van der Waals surface area (Å²) >= 11 is 0. The predicted molar refractivity (Wildman–Crippen MR) is 96.5 cm³/mol. The van der Waals surface area contributed by atoms with E-state index in [0.717, 1.165) is 5.57 Å². The fourth-order valence-corrected chi connectivity index (χ4v) is 4.04. The highest BCUT2D eigenvalue weighted by molar-refractivity contribution is 5.91. The molecular weight excluding hydrogens is 352 g/mol. The first-order chi connectivity index (χ1) is 12.6. The Labute approximate surface area is 158 Å². The van der Waals surface area contributed by atoms with Crippen LogP contribution in [0.4, 0.5) is 0 Å². The smallest absolute Gasteiger partial charge is 0.334 e. The monoisotopic (exact) mass is 380 g/mol. The van der Waals surface area contributed by atoms with Crippen molar-refractivity contribution in [1.29, 1.82) is 0 Å². The van der Waals surface area contributed by atoms with E-state index in [0.29, 0.717) is 6.61 Å². The molecule has 7 nitrogen and oxygen atoms in total. The number of aliphatic hydroxyl groups excluding tert-OH is 2. The highest BCUT2D eigenvalue weighted by Gasteiger charge is 2.58. The van der Waals surface area contributed by atoms with Crippen molar-refractivity contribution in [2.45, 2.75) is 63.3 Å². The molecule has 2 fully saturated rings. The molecule has 0 aromatic rings. The number of carbonyl (C=O) groups excluding carboxylic acids is 1. The van der Waals surface area contributed by atoms with Gasteiger partial charge in [0, 0.05) is 24.0 Å². The van der Waals surface area contributed by atoms with Crippen LogP contribution >= 0.6 is 0 Å². The molecule has 7 heteroatoms. The number of esters is 1. The van der Waals surface area contributed by atoms with Crippen molar-refractivity contribution in [3.05, 3.63) is 35.5 Å². The van der Waals surface area contributed by atoms with Crippen LogP contribution in [-0.2, 0) is 19.0 Å². The van der Waals surface area contributed by atoms with Crippen LogP contribution in [0.25, 0.3) is 0 Å². The lowest BCUT2D eigenvalue weighted by Gasteiger charge is -2.35. The lowest BCUT2D eigenvalue weighted by atomic mass is 9.80. The van der Waals surface area contributed by atoms with Gasteiger partial charge >= 0.3 is 5.97 Å². The number of allylic oxidation sites excluding steroid dienone is 1. The van der Waals surface area contributed by atoms with Crippen molar-refractivity contribution in [3.8, 4) is 0 Å². The molecule has 150 valence electrons. The van der Waals surface area contributed by atoms with Crippen molar-refractivity contribution in [2.75, 3.05) is 13.2 Å². The third-order valence-electron chi connectivity index (χ3n) is 5.90. The standard InChI is InChI=1S/C20H28O7/c1-5-11(2)10-25-15-7-19(4)16(22)8-20(24,27-19)13(9-21)6-14-17(15)12(3)18(23)26-14/h5-6,14-17,21-22,24H,3,7-10H2,1-2,4H3/b11-5-,13-6-/t14-,15-,16+,17+,19+,20+/m1/s1. The summed E-state index contributed by atoms with van der Waals surface area (Å²) in [5.41, 5.74) is 0.342. The Bertz CT molecular complexity index is 696. The number of rotatable bonds is 4. The van der Waals surface area contributed by atoms with Gasteiger partial charge in [-0.05, 0) is 26.8 Å². The molecule has 0 amide bonds. The molecule has 0 unspecified atom stereocenters. The highest BCUT2D eigenvalue weighted by Crippen LogP contribution is 2.47. The van der Waals surface area contributed by atoms with Gasteiger partial charge in [-0.3, -0.25) is 0 Å². The van der Waals surface area contributed by atoms with Crippen molar-refractivity contribution < 1.29 is 34.3 Å². The van der Waals surface area contributed by atoms with Gasteiger partial charge in [0.25, 0.3) is 0 Å². The van der Waals surface area contributed by atoms with Crippen LogP contribution in [0.1, 0.15) is 33.6 Å². The van der Waals surface area contributed by atoms with Gasteiger partial charge < -0.3 is 29.5 Å². The minimum Gasteiger partial charge on any atom is -0.454 e. The van der Waals surface area contributed by atoms with Crippen LogP contribution in [0, 0.1) is 5.92 Å². The SMILES string of the molecule is C=C1C(=O)O[C@@H]2/C=C(/CO)[C@]3(O)C[C@H](O)[C@](C)(C[C@@H](OC/C(C)=C\C)[C@@H]12)O3. The molecular formula is C20H28O7. The third-order valence-corrected chi connectivity index (χ3v) is 5.90. The van der Waals surface area contributed by atoms with Gasteiger partial charge in [-0.25, -0.2) is 4.79 Å². The molecule has 6 atom stereocenters.